The normalized spacial score (nSPS) is 28.2. The zero-order valence-electron chi connectivity index (χ0n) is 9.60. The average Bonchev–Trinajstić information content (AvgIpc) is 2.29. The van der Waals surface area contributed by atoms with E-state index in [0.717, 1.165) is 18.4 Å². The van der Waals surface area contributed by atoms with Crippen LogP contribution in [0.1, 0.15) is 24.8 Å². The van der Waals surface area contributed by atoms with Crippen molar-refractivity contribution in [1.29, 1.82) is 0 Å². The molecule has 83 valence electrons. The maximum absolute atomic E-state index is 4.71. The van der Waals surface area contributed by atoms with Crippen LogP contribution in [0.25, 0.3) is 0 Å². The predicted molar refractivity (Wildman–Crippen MR) is 66.8 cm³/mol. The summed E-state index contributed by atoms with van der Waals surface area (Å²) in [6.45, 7) is 1.01. The van der Waals surface area contributed by atoms with E-state index >= 15 is 0 Å². The molecular weight excluding hydrogens is 194 g/mol. The Kier molecular flexibility index (Phi) is 2.69. The van der Waals surface area contributed by atoms with E-state index in [4.69, 9.17) is 5.32 Å². The summed E-state index contributed by atoms with van der Waals surface area (Å²) in [7, 11) is 0. The molecule has 16 heavy (non-hydrogen) atoms. The van der Waals surface area contributed by atoms with E-state index < -0.39 is 0 Å². The summed E-state index contributed by atoms with van der Waals surface area (Å²) in [6, 6.07) is 8.65. The van der Waals surface area contributed by atoms with Crippen molar-refractivity contribution in [3.63, 3.8) is 0 Å². The highest BCUT2D eigenvalue weighted by atomic mass is 14.9. The van der Waals surface area contributed by atoms with Gasteiger partial charge in [0.1, 0.15) is 0 Å². The summed E-state index contributed by atoms with van der Waals surface area (Å²) in [5, 5.41) is 4.71. The molecular formula is C15H18N. The quantitative estimate of drug-likeness (QED) is 0.585. The smallest absolute Gasteiger partial charge is 0.0606 e. The second kappa shape index (κ2) is 4.32. The van der Waals surface area contributed by atoms with Crippen molar-refractivity contribution in [2.24, 2.45) is 11.8 Å². The molecule has 0 saturated heterocycles. The average molecular weight is 212 g/mol. The van der Waals surface area contributed by atoms with Gasteiger partial charge in [-0.1, -0.05) is 30.4 Å². The third kappa shape index (κ3) is 1.87. The van der Waals surface area contributed by atoms with Crippen LogP contribution in [0.3, 0.4) is 0 Å². The van der Waals surface area contributed by atoms with Crippen LogP contribution in [-0.4, -0.2) is 6.54 Å². The van der Waals surface area contributed by atoms with Crippen LogP contribution in [0.5, 0.6) is 0 Å². The molecule has 2 aliphatic rings. The van der Waals surface area contributed by atoms with Gasteiger partial charge in [-0.2, -0.15) is 0 Å². The highest BCUT2D eigenvalue weighted by Crippen LogP contribution is 2.34. The zero-order chi connectivity index (χ0) is 10.8. The lowest BCUT2D eigenvalue weighted by Crippen LogP contribution is -2.24. The minimum absolute atomic E-state index is 0.849. The Morgan fingerprint density at radius 1 is 1.00 bits per heavy atom. The molecule has 1 aromatic rings. The molecule has 1 heteroatoms. The molecule has 1 aliphatic heterocycles. The van der Waals surface area contributed by atoms with Crippen LogP contribution >= 0.6 is 0 Å². The third-order valence-corrected chi connectivity index (χ3v) is 3.97. The van der Waals surface area contributed by atoms with Gasteiger partial charge in [0.25, 0.3) is 0 Å². The molecule has 0 bridgehead atoms. The molecule has 1 aromatic carbocycles. The molecule has 0 spiro atoms. The predicted octanol–water partition coefficient (Wildman–Crippen LogP) is 3.45. The van der Waals surface area contributed by atoms with Crippen LogP contribution in [0.4, 0.5) is 5.69 Å². The monoisotopic (exact) mass is 212 g/mol. The number of rotatable bonds is 0. The van der Waals surface area contributed by atoms with Crippen LogP contribution in [-0.2, 0) is 6.42 Å². The largest absolute Gasteiger partial charge is 0.285 e. The SMILES string of the molecule is C1=CCC2Cc3ccccc3[N]CCC2C1. The number of hydrogen-bond acceptors (Lipinski definition) is 0. The lowest BCUT2D eigenvalue weighted by molar-refractivity contribution is 0.296. The Morgan fingerprint density at radius 3 is 2.75 bits per heavy atom. The lowest BCUT2D eigenvalue weighted by Gasteiger charge is -2.31. The molecule has 0 aromatic heterocycles. The molecule has 1 heterocycles. The highest BCUT2D eigenvalue weighted by Gasteiger charge is 2.25. The van der Waals surface area contributed by atoms with Crippen molar-refractivity contribution >= 4 is 5.69 Å². The van der Waals surface area contributed by atoms with Crippen LogP contribution in [0.2, 0.25) is 0 Å². The summed E-state index contributed by atoms with van der Waals surface area (Å²) in [4.78, 5) is 0. The van der Waals surface area contributed by atoms with Crippen LogP contribution < -0.4 is 5.32 Å². The van der Waals surface area contributed by atoms with Crippen molar-refractivity contribution in [2.45, 2.75) is 25.7 Å². The highest BCUT2D eigenvalue weighted by molar-refractivity contribution is 5.45. The molecule has 3 rings (SSSR count). The number of allylic oxidation sites excluding steroid dienone is 2. The van der Waals surface area contributed by atoms with Gasteiger partial charge in [-0.05, 0) is 49.1 Å². The molecule has 2 atom stereocenters. The number of fused-ring (bicyclic) bond motifs is 2. The van der Waals surface area contributed by atoms with Gasteiger partial charge in [0, 0.05) is 6.54 Å². The fourth-order valence-electron chi connectivity index (χ4n) is 3.00. The van der Waals surface area contributed by atoms with E-state index in [-0.39, 0.29) is 0 Å². The molecule has 1 aliphatic carbocycles. The van der Waals surface area contributed by atoms with E-state index in [1.54, 1.807) is 0 Å². The summed E-state index contributed by atoms with van der Waals surface area (Å²) in [6.07, 6.45) is 9.73. The number of nitrogens with zero attached hydrogens (tertiary/aromatic N) is 1. The van der Waals surface area contributed by atoms with Gasteiger partial charge in [-0.3, -0.25) is 5.32 Å². The Morgan fingerprint density at radius 2 is 1.81 bits per heavy atom. The van der Waals surface area contributed by atoms with E-state index in [1.807, 2.05) is 0 Å². The Balaban J connectivity index is 1.89. The van der Waals surface area contributed by atoms with Gasteiger partial charge in [0.15, 0.2) is 0 Å². The Bertz CT molecular complexity index is 394. The van der Waals surface area contributed by atoms with E-state index in [2.05, 4.69) is 36.4 Å². The van der Waals surface area contributed by atoms with Crippen molar-refractivity contribution in [3.8, 4) is 0 Å². The molecule has 1 radical (unpaired) electrons. The fourth-order valence-corrected chi connectivity index (χ4v) is 3.00. The molecule has 0 saturated carbocycles. The van der Waals surface area contributed by atoms with Crippen molar-refractivity contribution in [2.75, 3.05) is 6.54 Å². The van der Waals surface area contributed by atoms with E-state index in [0.29, 0.717) is 0 Å². The van der Waals surface area contributed by atoms with Gasteiger partial charge in [-0.15, -0.1) is 0 Å². The molecule has 1 nitrogen and oxygen atoms in total. The summed E-state index contributed by atoms with van der Waals surface area (Å²) in [5.74, 6) is 1.71. The van der Waals surface area contributed by atoms with Crippen molar-refractivity contribution in [3.05, 3.63) is 42.0 Å². The first-order chi connectivity index (χ1) is 7.93. The maximum Gasteiger partial charge on any atom is 0.0606 e. The van der Waals surface area contributed by atoms with Gasteiger partial charge in [0.2, 0.25) is 0 Å². The van der Waals surface area contributed by atoms with Gasteiger partial charge >= 0.3 is 0 Å². The number of para-hydroxylation sites is 1. The van der Waals surface area contributed by atoms with Crippen LogP contribution in [0, 0.1) is 11.8 Å². The molecule has 0 N–H and O–H groups in total. The van der Waals surface area contributed by atoms with E-state index in [1.165, 1.54) is 36.9 Å². The first-order valence-electron chi connectivity index (χ1n) is 6.34. The lowest BCUT2D eigenvalue weighted by atomic mass is 9.76. The van der Waals surface area contributed by atoms with Crippen LogP contribution in [0.15, 0.2) is 36.4 Å². The standard InChI is InChI=1S/C15H18N/c1-2-6-13-11-14-7-3-4-8-15(14)16-10-9-12(13)5-1/h1-4,7-8,12-13H,5-6,9-11H2. The molecule has 0 amide bonds. The van der Waals surface area contributed by atoms with Gasteiger partial charge in [0.05, 0.1) is 5.69 Å². The zero-order valence-corrected chi connectivity index (χ0v) is 9.60. The number of benzene rings is 1. The molecule has 2 unspecified atom stereocenters. The molecule has 0 fully saturated rings. The Hall–Kier alpha value is -1.24. The van der Waals surface area contributed by atoms with Gasteiger partial charge in [-0.25, -0.2) is 0 Å². The Labute approximate surface area is 97.6 Å². The van der Waals surface area contributed by atoms with Gasteiger partial charge < -0.3 is 0 Å². The van der Waals surface area contributed by atoms with Crippen molar-refractivity contribution in [1.82, 2.24) is 5.32 Å². The first-order valence-corrected chi connectivity index (χ1v) is 6.34. The second-order valence-corrected chi connectivity index (χ2v) is 4.97. The number of hydrogen-bond donors (Lipinski definition) is 0. The first kappa shape index (κ1) is 9.95. The maximum atomic E-state index is 4.71. The minimum Gasteiger partial charge on any atom is -0.285 e. The minimum atomic E-state index is 0.849. The van der Waals surface area contributed by atoms with E-state index in [9.17, 15) is 0 Å². The van der Waals surface area contributed by atoms with Crippen molar-refractivity contribution < 1.29 is 0 Å². The fraction of sp³-hybridized carbons (Fsp3) is 0.467. The summed E-state index contributed by atoms with van der Waals surface area (Å²) >= 11 is 0. The topological polar surface area (TPSA) is 14.1 Å². The third-order valence-electron chi connectivity index (χ3n) is 3.97. The second-order valence-electron chi connectivity index (χ2n) is 4.97. The summed E-state index contributed by atoms with van der Waals surface area (Å²) in [5.41, 5.74) is 2.68. The summed E-state index contributed by atoms with van der Waals surface area (Å²) < 4.78 is 0.